The molecule has 1 fully saturated rings. The van der Waals surface area contributed by atoms with Gasteiger partial charge in [0.2, 0.25) is 5.91 Å². The van der Waals surface area contributed by atoms with Gasteiger partial charge in [-0.25, -0.2) is 0 Å². The highest BCUT2D eigenvalue weighted by Crippen LogP contribution is 2.30. The summed E-state index contributed by atoms with van der Waals surface area (Å²) in [5.41, 5.74) is 6.89. The molecule has 0 radical (unpaired) electrons. The molecule has 0 spiro atoms. The van der Waals surface area contributed by atoms with Gasteiger partial charge in [0.05, 0.1) is 0 Å². The van der Waals surface area contributed by atoms with Gasteiger partial charge in [-0.15, -0.1) is 0 Å². The second-order valence-corrected chi connectivity index (χ2v) is 5.18. The minimum atomic E-state index is -0.755. The lowest BCUT2D eigenvalue weighted by atomic mass is 9.90. The second kappa shape index (κ2) is 4.49. The number of aryl methyl sites for hydroxylation is 1. The number of carbonyl (C=O) groups excluding carboxylic acids is 1. The number of hydrogen-bond donors (Lipinski definition) is 2. The van der Waals surface area contributed by atoms with Gasteiger partial charge in [0.15, 0.2) is 0 Å². The molecular formula is C14H20N2O. The Bertz CT molecular complexity index is 426. The number of benzene rings is 1. The van der Waals surface area contributed by atoms with Crippen LogP contribution in [0.5, 0.6) is 0 Å². The number of nitrogens with two attached hydrogens (primary N) is 1. The molecule has 1 aromatic rings. The largest absolute Gasteiger partial charge is 0.368 e. The van der Waals surface area contributed by atoms with Gasteiger partial charge in [-0.2, -0.15) is 0 Å². The maximum Gasteiger partial charge on any atom is 0.242 e. The number of hydrogen-bond acceptors (Lipinski definition) is 2. The van der Waals surface area contributed by atoms with Crippen molar-refractivity contribution in [3.63, 3.8) is 0 Å². The summed E-state index contributed by atoms with van der Waals surface area (Å²) in [7, 11) is 0. The fourth-order valence-corrected chi connectivity index (χ4v) is 1.96. The smallest absolute Gasteiger partial charge is 0.242 e. The molecule has 0 aromatic heterocycles. The van der Waals surface area contributed by atoms with Crippen molar-refractivity contribution in [2.45, 2.75) is 32.2 Å². The Morgan fingerprint density at radius 1 is 1.53 bits per heavy atom. The van der Waals surface area contributed by atoms with Gasteiger partial charge in [-0.1, -0.05) is 29.8 Å². The van der Waals surface area contributed by atoms with E-state index in [1.165, 1.54) is 12.8 Å². The molecule has 1 aliphatic carbocycles. The van der Waals surface area contributed by atoms with Crippen LogP contribution in [0.25, 0.3) is 0 Å². The molecular weight excluding hydrogens is 212 g/mol. The number of primary amides is 1. The third kappa shape index (κ3) is 2.67. The van der Waals surface area contributed by atoms with Crippen LogP contribution < -0.4 is 11.1 Å². The lowest BCUT2D eigenvalue weighted by Gasteiger charge is -2.28. The SMILES string of the molecule is Cc1cccc(C(C)(NCC2CC2)C(N)=O)c1. The molecule has 3 heteroatoms. The summed E-state index contributed by atoms with van der Waals surface area (Å²) in [4.78, 5) is 11.7. The van der Waals surface area contributed by atoms with Crippen molar-refractivity contribution in [1.29, 1.82) is 0 Å². The van der Waals surface area contributed by atoms with E-state index in [0.29, 0.717) is 0 Å². The number of nitrogens with one attached hydrogen (secondary N) is 1. The van der Waals surface area contributed by atoms with Crippen molar-refractivity contribution in [3.05, 3.63) is 35.4 Å². The van der Waals surface area contributed by atoms with E-state index in [1.807, 2.05) is 38.1 Å². The normalized spacial score (nSPS) is 18.7. The van der Waals surface area contributed by atoms with E-state index >= 15 is 0 Å². The molecule has 2 rings (SSSR count). The molecule has 0 bridgehead atoms. The van der Waals surface area contributed by atoms with Gasteiger partial charge in [0.1, 0.15) is 5.54 Å². The predicted octanol–water partition coefficient (Wildman–Crippen LogP) is 1.70. The van der Waals surface area contributed by atoms with Crippen LogP contribution in [0, 0.1) is 12.8 Å². The van der Waals surface area contributed by atoms with Crippen LogP contribution >= 0.6 is 0 Å². The molecule has 3 nitrogen and oxygen atoms in total. The first-order valence-electron chi connectivity index (χ1n) is 6.14. The lowest BCUT2D eigenvalue weighted by Crippen LogP contribution is -2.51. The van der Waals surface area contributed by atoms with Crippen molar-refractivity contribution >= 4 is 5.91 Å². The summed E-state index contributed by atoms with van der Waals surface area (Å²) in [6.07, 6.45) is 2.52. The molecule has 3 N–H and O–H groups in total. The molecule has 1 unspecified atom stereocenters. The summed E-state index contributed by atoms with van der Waals surface area (Å²) < 4.78 is 0. The zero-order chi connectivity index (χ0) is 12.5. The van der Waals surface area contributed by atoms with E-state index in [-0.39, 0.29) is 5.91 Å². The van der Waals surface area contributed by atoms with E-state index in [9.17, 15) is 4.79 Å². The third-order valence-electron chi connectivity index (χ3n) is 3.53. The van der Waals surface area contributed by atoms with Crippen LogP contribution in [0.4, 0.5) is 0 Å². The summed E-state index contributed by atoms with van der Waals surface area (Å²) in [5.74, 6) is 0.405. The average Bonchev–Trinajstić information content (AvgIpc) is 3.09. The second-order valence-electron chi connectivity index (χ2n) is 5.18. The van der Waals surface area contributed by atoms with Crippen LogP contribution in [0.3, 0.4) is 0 Å². The number of carbonyl (C=O) groups is 1. The summed E-state index contributed by atoms with van der Waals surface area (Å²) in [6.45, 7) is 4.76. The lowest BCUT2D eigenvalue weighted by molar-refractivity contribution is -0.124. The van der Waals surface area contributed by atoms with Crippen molar-refractivity contribution < 1.29 is 4.79 Å². The van der Waals surface area contributed by atoms with Crippen LogP contribution in [-0.2, 0) is 10.3 Å². The molecule has 1 saturated carbocycles. The Morgan fingerprint density at radius 2 is 2.24 bits per heavy atom. The van der Waals surface area contributed by atoms with E-state index in [1.54, 1.807) is 0 Å². The highest BCUT2D eigenvalue weighted by molar-refractivity contribution is 5.85. The van der Waals surface area contributed by atoms with Crippen LogP contribution in [0.15, 0.2) is 24.3 Å². The van der Waals surface area contributed by atoms with E-state index in [4.69, 9.17) is 5.73 Å². The molecule has 1 aliphatic rings. The van der Waals surface area contributed by atoms with E-state index in [2.05, 4.69) is 5.32 Å². The third-order valence-corrected chi connectivity index (χ3v) is 3.53. The van der Waals surface area contributed by atoms with Gasteiger partial charge in [0.25, 0.3) is 0 Å². The molecule has 92 valence electrons. The minimum Gasteiger partial charge on any atom is -0.368 e. The zero-order valence-corrected chi connectivity index (χ0v) is 10.5. The summed E-state index contributed by atoms with van der Waals surface area (Å²) >= 11 is 0. The standard InChI is InChI=1S/C14H20N2O/c1-10-4-3-5-12(8-10)14(2,13(15)17)16-9-11-6-7-11/h3-5,8,11,16H,6-7,9H2,1-2H3,(H2,15,17). The molecule has 1 atom stereocenters. The Balaban J connectivity index is 2.22. The Hall–Kier alpha value is -1.35. The van der Waals surface area contributed by atoms with Gasteiger partial charge >= 0.3 is 0 Å². The number of rotatable bonds is 5. The van der Waals surface area contributed by atoms with Gasteiger partial charge in [-0.3, -0.25) is 10.1 Å². The van der Waals surface area contributed by atoms with Crippen molar-refractivity contribution in [2.24, 2.45) is 11.7 Å². The maximum absolute atomic E-state index is 11.7. The first kappa shape index (κ1) is 12.1. The van der Waals surface area contributed by atoms with Gasteiger partial charge in [-0.05, 0) is 44.7 Å². The molecule has 17 heavy (non-hydrogen) atoms. The highest BCUT2D eigenvalue weighted by Gasteiger charge is 2.34. The first-order valence-corrected chi connectivity index (χ1v) is 6.14. The molecule has 0 saturated heterocycles. The fourth-order valence-electron chi connectivity index (χ4n) is 1.96. The first-order chi connectivity index (χ1) is 8.02. The Kier molecular flexibility index (Phi) is 3.20. The Morgan fingerprint density at radius 3 is 2.76 bits per heavy atom. The monoisotopic (exact) mass is 232 g/mol. The van der Waals surface area contributed by atoms with Gasteiger partial charge in [0, 0.05) is 0 Å². The molecule has 1 aromatic carbocycles. The minimum absolute atomic E-state index is 0.316. The Labute approximate surface area is 102 Å². The van der Waals surface area contributed by atoms with Crippen molar-refractivity contribution in [1.82, 2.24) is 5.32 Å². The predicted molar refractivity (Wildman–Crippen MR) is 68.5 cm³/mol. The van der Waals surface area contributed by atoms with Gasteiger partial charge < -0.3 is 5.73 Å². The highest BCUT2D eigenvalue weighted by atomic mass is 16.1. The fraction of sp³-hybridized carbons (Fsp3) is 0.500. The molecule has 0 aliphatic heterocycles. The van der Waals surface area contributed by atoms with Crippen molar-refractivity contribution in [3.8, 4) is 0 Å². The number of amides is 1. The molecule has 0 heterocycles. The molecule has 1 amide bonds. The van der Waals surface area contributed by atoms with Crippen LogP contribution in [-0.4, -0.2) is 12.5 Å². The maximum atomic E-state index is 11.7. The summed E-state index contributed by atoms with van der Waals surface area (Å²) in [5, 5.41) is 3.33. The van der Waals surface area contributed by atoms with Crippen LogP contribution in [0.2, 0.25) is 0 Å². The quantitative estimate of drug-likeness (QED) is 0.811. The summed E-state index contributed by atoms with van der Waals surface area (Å²) in [6, 6.07) is 7.96. The van der Waals surface area contributed by atoms with E-state index in [0.717, 1.165) is 23.6 Å². The average molecular weight is 232 g/mol. The van der Waals surface area contributed by atoms with Crippen molar-refractivity contribution in [2.75, 3.05) is 6.54 Å². The van der Waals surface area contributed by atoms with E-state index < -0.39 is 5.54 Å². The van der Waals surface area contributed by atoms with Crippen LogP contribution in [0.1, 0.15) is 30.9 Å². The zero-order valence-electron chi connectivity index (χ0n) is 10.5. The topological polar surface area (TPSA) is 55.1 Å².